The minimum atomic E-state index is -0.371. The minimum Gasteiger partial charge on any atom is -0.486 e. The van der Waals surface area contributed by atoms with Crippen LogP contribution < -0.4 is 15.0 Å². The summed E-state index contributed by atoms with van der Waals surface area (Å²) in [5.74, 6) is 0.963. The summed E-state index contributed by atoms with van der Waals surface area (Å²) < 4.78 is 25.9. The molecule has 0 spiro atoms. The SMILES string of the molecule is O=c1c2ccccc2c(-c2ccc3c(c2)OCCO3)nn1-c1ccc(F)cc1. The van der Waals surface area contributed by atoms with Crippen molar-refractivity contribution in [3.8, 4) is 28.4 Å². The van der Waals surface area contributed by atoms with Crippen LogP contribution in [0.2, 0.25) is 0 Å². The second-order valence-electron chi connectivity index (χ2n) is 6.45. The van der Waals surface area contributed by atoms with Crippen LogP contribution in [-0.4, -0.2) is 23.0 Å². The van der Waals surface area contributed by atoms with E-state index >= 15 is 0 Å². The van der Waals surface area contributed by atoms with Gasteiger partial charge >= 0.3 is 0 Å². The molecule has 0 radical (unpaired) electrons. The second kappa shape index (κ2) is 6.49. The lowest BCUT2D eigenvalue weighted by molar-refractivity contribution is 0.171. The molecule has 0 atom stereocenters. The molecular formula is C22H15FN2O3. The zero-order chi connectivity index (χ0) is 19.1. The van der Waals surface area contributed by atoms with E-state index in [0.717, 1.165) is 10.9 Å². The Bertz CT molecular complexity index is 1250. The lowest BCUT2D eigenvalue weighted by Gasteiger charge is -2.19. The fourth-order valence-electron chi connectivity index (χ4n) is 3.35. The maximum Gasteiger partial charge on any atom is 0.279 e. The van der Waals surface area contributed by atoms with Crippen molar-refractivity contribution in [1.82, 2.24) is 9.78 Å². The molecule has 0 fully saturated rings. The van der Waals surface area contributed by atoms with Gasteiger partial charge in [-0.2, -0.15) is 9.78 Å². The van der Waals surface area contributed by atoms with Crippen molar-refractivity contribution in [1.29, 1.82) is 0 Å². The van der Waals surface area contributed by atoms with Crippen molar-refractivity contribution in [2.24, 2.45) is 0 Å². The smallest absolute Gasteiger partial charge is 0.279 e. The van der Waals surface area contributed by atoms with Crippen molar-refractivity contribution in [2.45, 2.75) is 0 Å². The number of hydrogen-bond donors (Lipinski definition) is 0. The molecule has 0 saturated heterocycles. The molecule has 5 nitrogen and oxygen atoms in total. The van der Waals surface area contributed by atoms with Crippen LogP contribution in [0.25, 0.3) is 27.7 Å². The van der Waals surface area contributed by atoms with E-state index in [-0.39, 0.29) is 11.4 Å². The Kier molecular flexibility index (Phi) is 3.83. The predicted octanol–water partition coefficient (Wildman–Crippen LogP) is 3.96. The molecule has 0 bridgehead atoms. The molecule has 0 N–H and O–H groups in total. The van der Waals surface area contributed by atoms with E-state index in [1.807, 2.05) is 36.4 Å². The normalized spacial score (nSPS) is 12.9. The summed E-state index contributed by atoms with van der Waals surface area (Å²) in [7, 11) is 0. The average molecular weight is 374 g/mol. The number of nitrogens with zero attached hydrogens (tertiary/aromatic N) is 2. The maximum atomic E-state index is 13.3. The molecule has 0 amide bonds. The molecule has 2 heterocycles. The quantitative estimate of drug-likeness (QED) is 0.533. The minimum absolute atomic E-state index is 0.261. The van der Waals surface area contributed by atoms with Crippen molar-refractivity contribution in [3.05, 3.63) is 82.9 Å². The summed E-state index contributed by atoms with van der Waals surface area (Å²) in [5.41, 5.74) is 1.67. The fourth-order valence-corrected chi connectivity index (χ4v) is 3.35. The molecule has 6 heteroatoms. The molecule has 3 aromatic carbocycles. The Labute approximate surface area is 159 Å². The summed E-state index contributed by atoms with van der Waals surface area (Å²) in [5, 5.41) is 5.88. The van der Waals surface area contributed by atoms with Crippen LogP contribution in [-0.2, 0) is 0 Å². The van der Waals surface area contributed by atoms with Gasteiger partial charge in [0.1, 0.15) is 19.0 Å². The number of rotatable bonds is 2. The Morgan fingerprint density at radius 3 is 2.36 bits per heavy atom. The maximum absolute atomic E-state index is 13.3. The first-order valence-corrected chi connectivity index (χ1v) is 8.89. The molecule has 0 aliphatic carbocycles. The molecule has 28 heavy (non-hydrogen) atoms. The first-order chi connectivity index (χ1) is 13.7. The van der Waals surface area contributed by atoms with Gasteiger partial charge in [-0.05, 0) is 48.5 Å². The topological polar surface area (TPSA) is 53.4 Å². The highest BCUT2D eigenvalue weighted by Gasteiger charge is 2.17. The van der Waals surface area contributed by atoms with Gasteiger partial charge in [-0.25, -0.2) is 4.39 Å². The number of fused-ring (bicyclic) bond motifs is 2. The lowest BCUT2D eigenvalue weighted by Crippen LogP contribution is -2.22. The number of halogens is 1. The molecule has 4 aromatic rings. The molecule has 138 valence electrons. The van der Waals surface area contributed by atoms with Gasteiger partial charge in [0.2, 0.25) is 0 Å². The monoisotopic (exact) mass is 374 g/mol. The third-order valence-electron chi connectivity index (χ3n) is 4.69. The standard InChI is InChI=1S/C22H15FN2O3/c23-15-6-8-16(9-7-15)25-22(26)18-4-2-1-3-17(18)21(24-25)14-5-10-19-20(13-14)28-12-11-27-19/h1-10,13H,11-12H2. The molecule has 0 unspecified atom stereocenters. The van der Waals surface area contributed by atoms with Crippen LogP contribution in [0.4, 0.5) is 4.39 Å². The molecular weight excluding hydrogens is 359 g/mol. The largest absolute Gasteiger partial charge is 0.486 e. The zero-order valence-corrected chi connectivity index (χ0v) is 14.8. The first-order valence-electron chi connectivity index (χ1n) is 8.89. The van der Waals surface area contributed by atoms with Gasteiger partial charge in [0, 0.05) is 10.9 Å². The molecule has 1 aliphatic heterocycles. The fraction of sp³-hybridized carbons (Fsp3) is 0.0909. The van der Waals surface area contributed by atoms with Crippen LogP contribution in [0.15, 0.2) is 71.5 Å². The summed E-state index contributed by atoms with van der Waals surface area (Å²) in [6, 6.07) is 18.6. The van der Waals surface area contributed by atoms with Crippen LogP contribution in [0, 0.1) is 5.82 Å². The highest BCUT2D eigenvalue weighted by Crippen LogP contribution is 2.35. The Balaban J connectivity index is 1.77. The predicted molar refractivity (Wildman–Crippen MR) is 104 cm³/mol. The van der Waals surface area contributed by atoms with Crippen molar-refractivity contribution < 1.29 is 13.9 Å². The summed E-state index contributed by atoms with van der Waals surface area (Å²) in [6.07, 6.45) is 0. The van der Waals surface area contributed by atoms with E-state index in [1.165, 1.54) is 28.9 Å². The summed E-state index contributed by atoms with van der Waals surface area (Å²) in [4.78, 5) is 13.0. The van der Waals surface area contributed by atoms with Crippen LogP contribution in [0.5, 0.6) is 11.5 Å². The molecule has 0 saturated carbocycles. The number of hydrogen-bond acceptors (Lipinski definition) is 4. The van der Waals surface area contributed by atoms with Crippen LogP contribution >= 0.6 is 0 Å². The Morgan fingerprint density at radius 1 is 0.857 bits per heavy atom. The summed E-state index contributed by atoms with van der Waals surface area (Å²) in [6.45, 7) is 1.00. The van der Waals surface area contributed by atoms with Gasteiger partial charge < -0.3 is 9.47 Å². The van der Waals surface area contributed by atoms with E-state index in [9.17, 15) is 9.18 Å². The molecule has 5 rings (SSSR count). The van der Waals surface area contributed by atoms with Gasteiger partial charge in [0.05, 0.1) is 16.8 Å². The molecule has 1 aliphatic rings. The van der Waals surface area contributed by atoms with Crippen LogP contribution in [0.3, 0.4) is 0 Å². The second-order valence-corrected chi connectivity index (χ2v) is 6.45. The van der Waals surface area contributed by atoms with E-state index in [4.69, 9.17) is 9.47 Å². The highest BCUT2D eigenvalue weighted by molar-refractivity contribution is 5.94. The van der Waals surface area contributed by atoms with Crippen LogP contribution in [0.1, 0.15) is 0 Å². The third-order valence-corrected chi connectivity index (χ3v) is 4.69. The van der Waals surface area contributed by atoms with Gasteiger partial charge in [0.15, 0.2) is 11.5 Å². The number of aromatic nitrogens is 2. The van der Waals surface area contributed by atoms with E-state index < -0.39 is 0 Å². The zero-order valence-electron chi connectivity index (χ0n) is 14.8. The lowest BCUT2D eigenvalue weighted by atomic mass is 10.0. The Hall–Kier alpha value is -3.67. The number of ether oxygens (including phenoxy) is 2. The van der Waals surface area contributed by atoms with Gasteiger partial charge in [-0.1, -0.05) is 18.2 Å². The van der Waals surface area contributed by atoms with Gasteiger partial charge in [-0.15, -0.1) is 0 Å². The van der Waals surface area contributed by atoms with E-state index in [0.29, 0.717) is 41.5 Å². The molecule has 1 aromatic heterocycles. The number of benzene rings is 3. The highest BCUT2D eigenvalue weighted by atomic mass is 19.1. The van der Waals surface area contributed by atoms with Crippen molar-refractivity contribution in [3.63, 3.8) is 0 Å². The van der Waals surface area contributed by atoms with E-state index in [2.05, 4.69) is 5.10 Å². The van der Waals surface area contributed by atoms with Gasteiger partial charge in [-0.3, -0.25) is 4.79 Å². The van der Waals surface area contributed by atoms with Gasteiger partial charge in [0.25, 0.3) is 5.56 Å². The van der Waals surface area contributed by atoms with Crippen molar-refractivity contribution >= 4 is 10.8 Å². The first kappa shape index (κ1) is 16.5. The van der Waals surface area contributed by atoms with Crippen molar-refractivity contribution in [2.75, 3.05) is 13.2 Å². The summed E-state index contributed by atoms with van der Waals surface area (Å²) >= 11 is 0. The average Bonchev–Trinajstić information content (AvgIpc) is 2.75. The Morgan fingerprint density at radius 2 is 1.57 bits per heavy atom. The van der Waals surface area contributed by atoms with E-state index in [1.54, 1.807) is 6.07 Å². The third kappa shape index (κ3) is 2.70.